The van der Waals surface area contributed by atoms with Crippen LogP contribution in [0.2, 0.25) is 0 Å². The third-order valence-electron chi connectivity index (χ3n) is 4.84. The molecule has 0 atom stereocenters. The summed E-state index contributed by atoms with van der Waals surface area (Å²) < 4.78 is 1.67. The van der Waals surface area contributed by atoms with Gasteiger partial charge in [-0.3, -0.25) is 4.79 Å². The summed E-state index contributed by atoms with van der Waals surface area (Å²) in [6.07, 6.45) is 5.25. The maximum absolute atomic E-state index is 12.6. The molecule has 24 heavy (non-hydrogen) atoms. The van der Waals surface area contributed by atoms with E-state index in [2.05, 4.69) is 4.98 Å². The van der Waals surface area contributed by atoms with Crippen molar-refractivity contribution in [2.24, 2.45) is 0 Å². The van der Waals surface area contributed by atoms with Crippen molar-refractivity contribution in [3.05, 3.63) is 63.2 Å². The summed E-state index contributed by atoms with van der Waals surface area (Å²) in [7, 11) is 0. The second-order valence-electron chi connectivity index (χ2n) is 6.59. The van der Waals surface area contributed by atoms with Crippen molar-refractivity contribution in [2.75, 3.05) is 0 Å². The Bertz CT molecular complexity index is 1040. The van der Waals surface area contributed by atoms with Crippen LogP contribution < -0.4 is 5.56 Å². The number of rotatable bonds is 3. The fourth-order valence-electron chi connectivity index (χ4n) is 3.25. The Labute approximate surface area is 138 Å². The molecule has 2 heterocycles. The lowest BCUT2D eigenvalue weighted by Crippen LogP contribution is -2.12. The van der Waals surface area contributed by atoms with E-state index in [1.165, 1.54) is 5.56 Å². The Morgan fingerprint density at radius 2 is 1.96 bits per heavy atom. The highest BCUT2D eigenvalue weighted by Gasteiger charge is 2.32. The number of carboxylic acid groups (broad SMARTS) is 1. The highest BCUT2D eigenvalue weighted by Crippen LogP contribution is 2.43. The lowest BCUT2D eigenvalue weighted by molar-refractivity contribution is 0.0696. The van der Waals surface area contributed by atoms with Crippen molar-refractivity contribution < 1.29 is 9.90 Å². The van der Waals surface area contributed by atoms with Gasteiger partial charge in [0.05, 0.1) is 11.3 Å². The summed E-state index contributed by atoms with van der Waals surface area (Å²) >= 11 is 0. The highest BCUT2D eigenvalue weighted by molar-refractivity contribution is 5.93. The van der Waals surface area contributed by atoms with Gasteiger partial charge in [0.2, 0.25) is 0 Å². The summed E-state index contributed by atoms with van der Waals surface area (Å²) in [5, 5.41) is 9.46. The largest absolute Gasteiger partial charge is 0.478 e. The summed E-state index contributed by atoms with van der Waals surface area (Å²) in [4.78, 5) is 27.1. The van der Waals surface area contributed by atoms with Gasteiger partial charge >= 0.3 is 5.97 Å². The number of aromatic nitrogens is 2. The van der Waals surface area contributed by atoms with Crippen LogP contribution in [-0.4, -0.2) is 20.5 Å². The third kappa shape index (κ3) is 2.24. The van der Waals surface area contributed by atoms with E-state index in [1.54, 1.807) is 16.8 Å². The average molecular weight is 322 g/mol. The molecule has 5 nitrogen and oxygen atoms in total. The summed E-state index contributed by atoms with van der Waals surface area (Å²) in [6, 6.07) is 6.00. The number of nitrogens with zero attached hydrogens (tertiary/aromatic N) is 1. The van der Waals surface area contributed by atoms with Crippen molar-refractivity contribution in [3.63, 3.8) is 0 Å². The van der Waals surface area contributed by atoms with E-state index in [1.807, 2.05) is 32.0 Å². The van der Waals surface area contributed by atoms with Gasteiger partial charge in [0.1, 0.15) is 5.52 Å². The first-order valence-electron chi connectivity index (χ1n) is 8.04. The van der Waals surface area contributed by atoms with Crippen LogP contribution >= 0.6 is 0 Å². The van der Waals surface area contributed by atoms with Gasteiger partial charge in [0, 0.05) is 18.0 Å². The Hall–Kier alpha value is -2.82. The van der Waals surface area contributed by atoms with Gasteiger partial charge in [0.25, 0.3) is 5.56 Å². The molecule has 2 N–H and O–H groups in total. The Balaban J connectivity index is 1.96. The molecule has 1 saturated carbocycles. The van der Waals surface area contributed by atoms with Gasteiger partial charge in [-0.2, -0.15) is 0 Å². The van der Waals surface area contributed by atoms with Crippen LogP contribution in [0.5, 0.6) is 0 Å². The molecule has 1 aliphatic carbocycles. The van der Waals surface area contributed by atoms with Crippen LogP contribution in [0, 0.1) is 13.8 Å². The van der Waals surface area contributed by atoms with Crippen molar-refractivity contribution >= 4 is 11.5 Å². The fourth-order valence-corrected chi connectivity index (χ4v) is 3.25. The normalized spacial score (nSPS) is 14.2. The molecule has 4 rings (SSSR count). The van der Waals surface area contributed by atoms with Crippen LogP contribution in [0.15, 0.2) is 35.4 Å². The smallest absolute Gasteiger partial charge is 0.337 e. The molecule has 1 aromatic carbocycles. The summed E-state index contributed by atoms with van der Waals surface area (Å²) in [5.41, 5.74) is 5.07. The van der Waals surface area contributed by atoms with Crippen molar-refractivity contribution in [2.45, 2.75) is 32.6 Å². The number of benzene rings is 1. The van der Waals surface area contributed by atoms with Crippen molar-refractivity contribution in [1.29, 1.82) is 0 Å². The van der Waals surface area contributed by atoms with E-state index >= 15 is 0 Å². The zero-order valence-corrected chi connectivity index (χ0v) is 13.6. The third-order valence-corrected chi connectivity index (χ3v) is 4.84. The Kier molecular flexibility index (Phi) is 3.13. The molecule has 0 aliphatic heterocycles. The predicted octanol–water partition coefficient (Wildman–Crippen LogP) is 3.49. The molecule has 0 spiro atoms. The van der Waals surface area contributed by atoms with Crippen LogP contribution in [-0.2, 0) is 0 Å². The van der Waals surface area contributed by atoms with Crippen LogP contribution in [0.25, 0.3) is 16.8 Å². The number of hydrogen-bond acceptors (Lipinski definition) is 2. The zero-order chi connectivity index (χ0) is 17.0. The lowest BCUT2D eigenvalue weighted by Gasteiger charge is -2.07. The Morgan fingerprint density at radius 3 is 2.58 bits per heavy atom. The van der Waals surface area contributed by atoms with E-state index in [4.69, 9.17) is 0 Å². The van der Waals surface area contributed by atoms with Crippen molar-refractivity contribution in [1.82, 2.24) is 9.38 Å². The molecule has 1 aliphatic rings. The number of aromatic amines is 1. The lowest BCUT2D eigenvalue weighted by atomic mass is 10.0. The molecule has 1 fully saturated rings. The number of carbonyl (C=O) groups is 1. The number of aryl methyl sites for hydroxylation is 2. The number of H-pyrrole nitrogens is 1. The SMILES string of the molecule is Cc1ccc(-c2cn3cc(C(=O)O)c(C4CC4)c3c(=O)[nH]2)cc1C. The molecule has 0 bridgehead atoms. The van der Waals surface area contributed by atoms with Gasteiger partial charge in [-0.1, -0.05) is 12.1 Å². The fraction of sp³-hybridized carbons (Fsp3) is 0.263. The van der Waals surface area contributed by atoms with Crippen LogP contribution in [0.1, 0.15) is 45.8 Å². The maximum Gasteiger partial charge on any atom is 0.337 e. The highest BCUT2D eigenvalue weighted by atomic mass is 16.4. The first-order chi connectivity index (χ1) is 11.5. The second kappa shape index (κ2) is 5.09. The molecule has 0 unspecified atom stereocenters. The van der Waals surface area contributed by atoms with Gasteiger partial charge in [-0.05, 0) is 55.4 Å². The van der Waals surface area contributed by atoms with E-state index in [9.17, 15) is 14.7 Å². The monoisotopic (exact) mass is 322 g/mol. The van der Waals surface area contributed by atoms with E-state index in [0.717, 1.165) is 24.0 Å². The molecule has 2 aromatic heterocycles. The van der Waals surface area contributed by atoms with Gasteiger partial charge in [-0.15, -0.1) is 0 Å². The number of aromatic carboxylic acids is 1. The minimum atomic E-state index is -0.979. The molecule has 5 heteroatoms. The molecule has 0 saturated heterocycles. The molecule has 3 aromatic rings. The number of nitrogens with one attached hydrogen (secondary N) is 1. The Morgan fingerprint density at radius 1 is 1.21 bits per heavy atom. The van der Waals surface area contributed by atoms with Gasteiger partial charge in [-0.25, -0.2) is 4.79 Å². The maximum atomic E-state index is 12.6. The minimum Gasteiger partial charge on any atom is -0.478 e. The molecule has 122 valence electrons. The first kappa shape index (κ1) is 14.8. The molecule has 0 amide bonds. The standard InChI is InChI=1S/C19H18N2O3/c1-10-3-4-13(7-11(10)2)15-9-21-8-14(19(23)24)16(12-5-6-12)17(21)18(22)20-15/h3-4,7-9,12H,5-6H2,1-2H3,(H,20,22)(H,23,24). The second-order valence-corrected chi connectivity index (χ2v) is 6.59. The molecule has 0 radical (unpaired) electrons. The molecular formula is C19H18N2O3. The van der Waals surface area contributed by atoms with E-state index in [-0.39, 0.29) is 17.0 Å². The van der Waals surface area contributed by atoms with Gasteiger partial charge in [0.15, 0.2) is 0 Å². The molecular weight excluding hydrogens is 304 g/mol. The van der Waals surface area contributed by atoms with E-state index in [0.29, 0.717) is 16.8 Å². The van der Waals surface area contributed by atoms with Crippen LogP contribution in [0.3, 0.4) is 0 Å². The predicted molar refractivity (Wildman–Crippen MR) is 91.9 cm³/mol. The van der Waals surface area contributed by atoms with Crippen molar-refractivity contribution in [3.8, 4) is 11.3 Å². The van der Waals surface area contributed by atoms with Gasteiger partial charge < -0.3 is 14.5 Å². The van der Waals surface area contributed by atoms with Crippen LogP contribution in [0.4, 0.5) is 0 Å². The zero-order valence-electron chi connectivity index (χ0n) is 13.6. The topological polar surface area (TPSA) is 74.6 Å². The number of carboxylic acids is 1. The summed E-state index contributed by atoms with van der Waals surface area (Å²) in [6.45, 7) is 4.07. The average Bonchev–Trinajstić information content (AvgIpc) is 3.29. The minimum absolute atomic E-state index is 0.190. The number of hydrogen-bond donors (Lipinski definition) is 2. The number of fused-ring (bicyclic) bond motifs is 1. The quantitative estimate of drug-likeness (QED) is 0.775. The first-order valence-corrected chi connectivity index (χ1v) is 8.04. The summed E-state index contributed by atoms with van der Waals surface area (Å²) in [5.74, 6) is -0.789. The van der Waals surface area contributed by atoms with E-state index < -0.39 is 5.97 Å².